The van der Waals surface area contributed by atoms with Crippen LogP contribution in [-0.4, -0.2) is 11.3 Å². The molecule has 2 nitrogen and oxygen atoms in total. The summed E-state index contributed by atoms with van der Waals surface area (Å²) in [5.41, 5.74) is 0.410. The van der Waals surface area contributed by atoms with Crippen molar-refractivity contribution in [2.75, 3.05) is 0 Å². The molecule has 0 saturated heterocycles. The average molecular weight is 126 g/mol. The molecule has 0 aliphatic heterocycles. The Morgan fingerprint density at radius 2 is 2.62 bits per heavy atom. The summed E-state index contributed by atoms with van der Waals surface area (Å²) in [4.78, 5) is 13.7. The van der Waals surface area contributed by atoms with Crippen molar-refractivity contribution < 1.29 is 4.79 Å². The van der Waals surface area contributed by atoms with Crippen molar-refractivity contribution in [1.82, 2.24) is 4.98 Å². The molecule has 0 spiro atoms. The lowest BCUT2D eigenvalue weighted by Gasteiger charge is -1.69. The van der Waals surface area contributed by atoms with Crippen molar-refractivity contribution in [3.63, 3.8) is 0 Å². The summed E-state index contributed by atoms with van der Waals surface area (Å²) in [5, 5.41) is 2.59. The number of aromatic nitrogens is 1. The maximum absolute atomic E-state index is 9.84. The Labute approximate surface area is 51.2 Å². The van der Waals surface area contributed by atoms with Gasteiger partial charge in [-0.2, -0.15) is 0 Å². The van der Waals surface area contributed by atoms with E-state index < -0.39 is 0 Å². The molecule has 3 heteroatoms. The predicted molar refractivity (Wildman–Crippen MR) is 31.6 cm³/mol. The fourth-order valence-electron chi connectivity index (χ4n) is 0.410. The van der Waals surface area contributed by atoms with Gasteiger partial charge in [0, 0.05) is 5.38 Å². The van der Waals surface area contributed by atoms with Crippen molar-refractivity contribution in [1.29, 1.82) is 0 Å². The fourth-order valence-corrected chi connectivity index (χ4v) is 0.944. The maximum atomic E-state index is 9.84. The molecule has 0 fully saturated rings. The molecule has 0 atom stereocenters. The Kier molecular flexibility index (Phi) is 1.39. The maximum Gasteiger partial charge on any atom is 0.254 e. The molecule has 0 saturated carbocycles. The number of thiazole rings is 1. The molecule has 0 N–H and O–H groups in total. The van der Waals surface area contributed by atoms with Crippen LogP contribution in [0.1, 0.15) is 10.7 Å². The van der Waals surface area contributed by atoms with E-state index in [0.29, 0.717) is 5.69 Å². The topological polar surface area (TPSA) is 30.0 Å². The predicted octanol–water partition coefficient (Wildman–Crippen LogP) is 0.909. The Hall–Kier alpha value is -0.700. The summed E-state index contributed by atoms with van der Waals surface area (Å²) in [7, 11) is 0. The van der Waals surface area contributed by atoms with Gasteiger partial charge in [-0.3, -0.25) is 4.79 Å². The lowest BCUT2D eigenvalue weighted by Crippen LogP contribution is -1.76. The van der Waals surface area contributed by atoms with Crippen LogP contribution in [0, 0.1) is 6.92 Å². The molecule has 1 rings (SSSR count). The van der Waals surface area contributed by atoms with Crippen molar-refractivity contribution in [3.8, 4) is 0 Å². The van der Waals surface area contributed by atoms with Gasteiger partial charge in [-0.15, -0.1) is 11.3 Å². The lowest BCUT2D eigenvalue weighted by molar-refractivity contribution is 0.561. The highest BCUT2D eigenvalue weighted by molar-refractivity contribution is 7.09. The van der Waals surface area contributed by atoms with Crippen LogP contribution in [0.2, 0.25) is 0 Å². The van der Waals surface area contributed by atoms with Crippen LogP contribution in [0.3, 0.4) is 0 Å². The third-order valence-corrected chi connectivity index (χ3v) is 1.50. The molecule has 1 aromatic rings. The molecule has 1 aromatic heterocycles. The molecule has 0 bridgehead atoms. The lowest BCUT2D eigenvalue weighted by atomic mass is 10.6. The molecular weight excluding hydrogens is 122 g/mol. The summed E-state index contributed by atoms with van der Waals surface area (Å²) in [6, 6.07) is 0. The second-order valence-electron chi connectivity index (χ2n) is 1.35. The quantitative estimate of drug-likeness (QED) is 0.559. The van der Waals surface area contributed by atoms with Crippen molar-refractivity contribution in [2.24, 2.45) is 0 Å². The molecule has 1 radical (unpaired) electrons. The molecule has 8 heavy (non-hydrogen) atoms. The van der Waals surface area contributed by atoms with E-state index in [-0.39, 0.29) is 0 Å². The number of nitrogens with zero attached hydrogens (tertiary/aromatic N) is 1. The van der Waals surface area contributed by atoms with E-state index in [2.05, 4.69) is 4.98 Å². The van der Waals surface area contributed by atoms with Gasteiger partial charge in [0.2, 0.25) is 0 Å². The third-order valence-electron chi connectivity index (χ3n) is 0.724. The monoisotopic (exact) mass is 126 g/mol. The number of hydrogen-bond donors (Lipinski definition) is 0. The number of aryl methyl sites for hydroxylation is 1. The van der Waals surface area contributed by atoms with E-state index in [1.54, 1.807) is 11.7 Å². The van der Waals surface area contributed by atoms with Crippen molar-refractivity contribution in [2.45, 2.75) is 6.92 Å². The zero-order valence-electron chi connectivity index (χ0n) is 4.34. The number of rotatable bonds is 1. The SMILES string of the molecule is Cc1nc([C]=O)cs1. The van der Waals surface area contributed by atoms with Gasteiger partial charge >= 0.3 is 0 Å². The van der Waals surface area contributed by atoms with Crippen molar-refractivity contribution in [3.05, 3.63) is 16.1 Å². The zero-order chi connectivity index (χ0) is 5.98. The fraction of sp³-hybridized carbons (Fsp3) is 0.200. The van der Waals surface area contributed by atoms with Crippen LogP contribution in [-0.2, 0) is 4.79 Å². The third kappa shape index (κ3) is 0.924. The molecule has 41 valence electrons. The molecule has 0 aromatic carbocycles. The van der Waals surface area contributed by atoms with E-state index >= 15 is 0 Å². The zero-order valence-corrected chi connectivity index (χ0v) is 5.16. The highest BCUT2D eigenvalue weighted by Gasteiger charge is 1.93. The minimum Gasteiger partial charge on any atom is -0.283 e. The normalized spacial score (nSPS) is 9.12. The Morgan fingerprint density at radius 1 is 1.88 bits per heavy atom. The molecule has 0 aliphatic rings. The van der Waals surface area contributed by atoms with Gasteiger partial charge in [0.25, 0.3) is 6.29 Å². The average Bonchev–Trinajstić information content (AvgIpc) is 2.14. The summed E-state index contributed by atoms with van der Waals surface area (Å²) in [5.74, 6) is 0. The van der Waals surface area contributed by atoms with Gasteiger partial charge in [0.15, 0.2) is 0 Å². The summed E-state index contributed by atoms with van der Waals surface area (Å²) >= 11 is 1.46. The molecule has 0 amide bonds. The Morgan fingerprint density at radius 3 is 2.88 bits per heavy atom. The van der Waals surface area contributed by atoms with E-state index in [4.69, 9.17) is 0 Å². The molecule has 1 heterocycles. The van der Waals surface area contributed by atoms with Crippen LogP contribution in [0.4, 0.5) is 0 Å². The van der Waals surface area contributed by atoms with Crippen LogP contribution >= 0.6 is 11.3 Å². The van der Waals surface area contributed by atoms with Gasteiger partial charge in [-0.1, -0.05) is 0 Å². The standard InChI is InChI=1S/C5H4NOS/c1-4-6-5(2-7)3-8-4/h3H,1H3. The largest absolute Gasteiger partial charge is 0.283 e. The second kappa shape index (κ2) is 2.05. The van der Waals surface area contributed by atoms with Gasteiger partial charge in [-0.25, -0.2) is 4.98 Å². The minimum atomic E-state index is 0.410. The highest BCUT2D eigenvalue weighted by Crippen LogP contribution is 2.04. The Bertz CT molecular complexity index is 194. The first-order valence-electron chi connectivity index (χ1n) is 2.13. The number of carbonyl (C=O) groups excluding carboxylic acids is 1. The van der Waals surface area contributed by atoms with E-state index in [0.717, 1.165) is 5.01 Å². The van der Waals surface area contributed by atoms with Crippen molar-refractivity contribution >= 4 is 17.6 Å². The minimum absolute atomic E-state index is 0.410. The van der Waals surface area contributed by atoms with Gasteiger partial charge < -0.3 is 0 Å². The Balaban J connectivity index is 3.00. The first-order valence-corrected chi connectivity index (χ1v) is 3.01. The molecular formula is C5H4NOS. The summed E-state index contributed by atoms with van der Waals surface area (Å²) < 4.78 is 0. The van der Waals surface area contributed by atoms with Gasteiger partial charge in [0.05, 0.1) is 5.01 Å². The highest BCUT2D eigenvalue weighted by atomic mass is 32.1. The van der Waals surface area contributed by atoms with Gasteiger partial charge in [0.1, 0.15) is 5.69 Å². The van der Waals surface area contributed by atoms with Crippen LogP contribution < -0.4 is 0 Å². The molecule has 0 aliphatic carbocycles. The summed E-state index contributed by atoms with van der Waals surface area (Å²) in [6.45, 7) is 1.85. The van der Waals surface area contributed by atoms with Crippen LogP contribution in [0.15, 0.2) is 5.38 Å². The van der Waals surface area contributed by atoms with E-state index in [9.17, 15) is 4.79 Å². The van der Waals surface area contributed by atoms with E-state index in [1.165, 1.54) is 11.3 Å². The van der Waals surface area contributed by atoms with Gasteiger partial charge in [-0.05, 0) is 6.92 Å². The summed E-state index contributed by atoms with van der Waals surface area (Å²) in [6.07, 6.45) is 1.70. The number of hydrogen-bond acceptors (Lipinski definition) is 3. The molecule has 0 unspecified atom stereocenters. The smallest absolute Gasteiger partial charge is 0.254 e. The van der Waals surface area contributed by atoms with Crippen LogP contribution in [0.25, 0.3) is 0 Å². The second-order valence-corrected chi connectivity index (χ2v) is 2.42. The van der Waals surface area contributed by atoms with E-state index in [1.807, 2.05) is 6.92 Å². The first-order chi connectivity index (χ1) is 3.83. The first kappa shape index (κ1) is 5.44. The van der Waals surface area contributed by atoms with Crippen LogP contribution in [0.5, 0.6) is 0 Å².